The molecule has 0 radical (unpaired) electrons. The first-order valence-corrected chi connectivity index (χ1v) is 7.92. The van der Waals surface area contributed by atoms with E-state index in [-0.39, 0.29) is 28.0 Å². The van der Waals surface area contributed by atoms with Gasteiger partial charge in [0.05, 0.1) is 11.3 Å². The highest BCUT2D eigenvalue weighted by atomic mass is 32.1. The summed E-state index contributed by atoms with van der Waals surface area (Å²) in [5.74, 6) is -0.0684. The Hall–Kier alpha value is -2.41. The summed E-state index contributed by atoms with van der Waals surface area (Å²) in [6.45, 7) is 7.27. The first kappa shape index (κ1) is 19.6. The Morgan fingerprint density at radius 3 is 2.46 bits per heavy atom. The number of hydrogen-bond acceptors (Lipinski definition) is 6. The van der Waals surface area contributed by atoms with E-state index in [2.05, 4.69) is 15.2 Å². The lowest BCUT2D eigenvalue weighted by Crippen LogP contribution is -1.97. The van der Waals surface area contributed by atoms with E-state index in [0.717, 1.165) is 5.56 Å². The number of rotatable bonds is 5. The molecular weight excluding hydrogens is 329 g/mol. The molecule has 0 fully saturated rings. The molecule has 1 aromatic carbocycles. The van der Waals surface area contributed by atoms with Gasteiger partial charge in [-0.15, -0.1) is 10.2 Å². The summed E-state index contributed by atoms with van der Waals surface area (Å²) in [6, 6.07) is 6.00. The van der Waals surface area contributed by atoms with Crippen LogP contribution in [0, 0.1) is 5.82 Å². The van der Waals surface area contributed by atoms with Crippen LogP contribution in [0.4, 0.5) is 4.39 Å². The molecule has 1 N–H and O–H groups in total. The molecule has 2 aromatic rings. The Bertz CT molecular complexity index is 737. The first-order valence-electron chi connectivity index (χ1n) is 7.51. The van der Waals surface area contributed by atoms with Gasteiger partial charge in [-0.05, 0) is 31.5 Å². The van der Waals surface area contributed by atoms with E-state index >= 15 is 0 Å². The third-order valence-corrected chi connectivity index (χ3v) is 2.95. The maximum Gasteiger partial charge on any atom is 0.270 e. The summed E-state index contributed by atoms with van der Waals surface area (Å²) >= 11 is 4.93. The number of allylic oxidation sites excluding steroid dienone is 1. The predicted octanol–water partition coefficient (Wildman–Crippen LogP) is 4.53. The van der Waals surface area contributed by atoms with Gasteiger partial charge in [0, 0.05) is 6.21 Å². The van der Waals surface area contributed by atoms with Crippen LogP contribution in [0.15, 0.2) is 39.4 Å². The van der Waals surface area contributed by atoms with Crippen LogP contribution in [0.5, 0.6) is 0 Å². The van der Waals surface area contributed by atoms with Crippen molar-refractivity contribution in [3.63, 3.8) is 0 Å². The van der Waals surface area contributed by atoms with Crippen LogP contribution in [0.2, 0.25) is 0 Å². The van der Waals surface area contributed by atoms with Crippen LogP contribution in [-0.2, 0) is 6.42 Å². The molecular formula is C17H20FN3O2S. The Kier molecular flexibility index (Phi) is 7.91. The van der Waals surface area contributed by atoms with Gasteiger partial charge in [-0.1, -0.05) is 38.2 Å². The lowest BCUT2D eigenvalue weighted by molar-refractivity contribution is 0.439. The summed E-state index contributed by atoms with van der Waals surface area (Å²) in [4.78, 5) is 4.30. The molecule has 24 heavy (non-hydrogen) atoms. The molecule has 0 saturated carbocycles. The van der Waals surface area contributed by atoms with Crippen molar-refractivity contribution in [2.24, 2.45) is 4.99 Å². The van der Waals surface area contributed by atoms with E-state index in [1.807, 2.05) is 13.8 Å². The summed E-state index contributed by atoms with van der Waals surface area (Å²) in [6.07, 6.45) is 1.85. The average Bonchev–Trinajstić information content (AvgIpc) is 3.04. The van der Waals surface area contributed by atoms with Crippen molar-refractivity contribution < 1.29 is 13.9 Å². The summed E-state index contributed by atoms with van der Waals surface area (Å²) in [5, 5.41) is 17.7. The molecule has 0 aliphatic carbocycles. The van der Waals surface area contributed by atoms with Crippen LogP contribution in [0.3, 0.4) is 0 Å². The second kappa shape index (κ2) is 9.67. The SMILES string of the molecule is CC.CC=N/C(=C(/O)C(C)=S)c1nnc(Cc2ccc(F)cc2)o1. The molecule has 0 atom stereocenters. The smallest absolute Gasteiger partial charge is 0.270 e. The van der Waals surface area contributed by atoms with Gasteiger partial charge < -0.3 is 9.52 Å². The number of thiocarbonyl (C=S) groups is 1. The molecule has 5 nitrogen and oxygen atoms in total. The minimum Gasteiger partial charge on any atom is -0.504 e. The van der Waals surface area contributed by atoms with Gasteiger partial charge in [-0.3, -0.25) is 4.99 Å². The van der Waals surface area contributed by atoms with Gasteiger partial charge in [0.15, 0.2) is 11.5 Å². The quantitative estimate of drug-likeness (QED) is 0.371. The molecule has 2 rings (SSSR count). The molecule has 0 aliphatic rings. The lowest BCUT2D eigenvalue weighted by Gasteiger charge is -2.00. The molecule has 0 unspecified atom stereocenters. The van der Waals surface area contributed by atoms with E-state index in [1.165, 1.54) is 18.3 Å². The van der Waals surface area contributed by atoms with Gasteiger partial charge in [0.1, 0.15) is 5.82 Å². The number of aliphatic imine (C=N–C) groups is 1. The van der Waals surface area contributed by atoms with Crippen molar-refractivity contribution in [1.29, 1.82) is 0 Å². The fourth-order valence-electron chi connectivity index (χ4n) is 1.71. The largest absolute Gasteiger partial charge is 0.504 e. The van der Waals surface area contributed by atoms with E-state index in [1.54, 1.807) is 26.0 Å². The standard InChI is InChI=1S/C15H14FN3O2S.C2H6/c1-3-17-13(14(20)9(2)22)15-19-18-12(21-15)8-10-4-6-11(16)7-5-10;1-2/h3-7,20H,8H2,1-2H3;1-2H3/b14-13+,17-3?;. The van der Waals surface area contributed by atoms with Gasteiger partial charge in [0.2, 0.25) is 5.89 Å². The second-order valence-electron chi connectivity index (χ2n) is 4.44. The van der Waals surface area contributed by atoms with E-state index < -0.39 is 0 Å². The highest BCUT2D eigenvalue weighted by Gasteiger charge is 2.16. The topological polar surface area (TPSA) is 71.5 Å². The molecule has 0 aliphatic heterocycles. The molecule has 0 saturated heterocycles. The van der Waals surface area contributed by atoms with E-state index in [9.17, 15) is 9.50 Å². The Labute approximate surface area is 146 Å². The number of halogens is 1. The zero-order chi connectivity index (χ0) is 18.1. The normalized spacial score (nSPS) is 11.7. The van der Waals surface area contributed by atoms with Gasteiger partial charge in [-0.2, -0.15) is 0 Å². The minimum absolute atomic E-state index is 0.0805. The van der Waals surface area contributed by atoms with Crippen molar-refractivity contribution in [1.82, 2.24) is 10.2 Å². The van der Waals surface area contributed by atoms with Crippen molar-refractivity contribution >= 4 is 29.0 Å². The highest BCUT2D eigenvalue weighted by Crippen LogP contribution is 2.20. The third kappa shape index (κ3) is 5.34. The summed E-state index contributed by atoms with van der Waals surface area (Å²) in [7, 11) is 0. The number of aromatic nitrogens is 2. The molecule has 0 amide bonds. The molecule has 128 valence electrons. The van der Waals surface area contributed by atoms with Crippen LogP contribution >= 0.6 is 12.2 Å². The van der Waals surface area contributed by atoms with Crippen LogP contribution in [-0.4, -0.2) is 26.4 Å². The maximum atomic E-state index is 12.9. The second-order valence-corrected chi connectivity index (χ2v) is 5.06. The van der Waals surface area contributed by atoms with Crippen LogP contribution in [0.1, 0.15) is 45.0 Å². The van der Waals surface area contributed by atoms with E-state index in [0.29, 0.717) is 12.3 Å². The fraction of sp³-hybridized carbons (Fsp3) is 0.294. The van der Waals surface area contributed by atoms with Crippen molar-refractivity contribution in [3.8, 4) is 0 Å². The zero-order valence-corrected chi connectivity index (χ0v) is 14.9. The van der Waals surface area contributed by atoms with E-state index in [4.69, 9.17) is 16.6 Å². The third-order valence-electron chi connectivity index (χ3n) is 2.75. The van der Waals surface area contributed by atoms with Crippen molar-refractivity contribution in [2.45, 2.75) is 34.1 Å². The number of benzene rings is 1. The molecule has 0 bridgehead atoms. The molecule has 7 heteroatoms. The van der Waals surface area contributed by atoms with Crippen molar-refractivity contribution in [3.05, 3.63) is 53.2 Å². The highest BCUT2D eigenvalue weighted by molar-refractivity contribution is 7.80. The lowest BCUT2D eigenvalue weighted by atomic mass is 10.1. The summed E-state index contributed by atoms with van der Waals surface area (Å²) < 4.78 is 18.4. The molecule has 1 heterocycles. The van der Waals surface area contributed by atoms with Gasteiger partial charge in [0.25, 0.3) is 5.89 Å². The van der Waals surface area contributed by atoms with Gasteiger partial charge in [-0.25, -0.2) is 4.39 Å². The Morgan fingerprint density at radius 1 is 1.29 bits per heavy atom. The number of nitrogens with zero attached hydrogens (tertiary/aromatic N) is 3. The minimum atomic E-state index is -0.307. The van der Waals surface area contributed by atoms with Crippen LogP contribution in [0.25, 0.3) is 5.70 Å². The summed E-state index contributed by atoms with van der Waals surface area (Å²) in [5.41, 5.74) is 0.962. The molecule has 0 spiro atoms. The first-order chi connectivity index (χ1) is 11.5. The Morgan fingerprint density at radius 2 is 1.92 bits per heavy atom. The molecule has 1 aromatic heterocycles. The van der Waals surface area contributed by atoms with Crippen LogP contribution < -0.4 is 0 Å². The number of hydrogen-bond donors (Lipinski definition) is 1. The predicted molar refractivity (Wildman–Crippen MR) is 96.8 cm³/mol. The number of aliphatic hydroxyl groups is 1. The fourth-order valence-corrected chi connectivity index (χ4v) is 1.81. The van der Waals surface area contributed by atoms with Gasteiger partial charge >= 0.3 is 0 Å². The monoisotopic (exact) mass is 349 g/mol. The average molecular weight is 349 g/mol. The number of aliphatic hydroxyl groups excluding tert-OH is 1. The Balaban J connectivity index is 0.00000139. The maximum absolute atomic E-state index is 12.9. The van der Waals surface area contributed by atoms with Crippen molar-refractivity contribution in [2.75, 3.05) is 0 Å². The zero-order valence-electron chi connectivity index (χ0n) is 14.1.